The van der Waals surface area contributed by atoms with E-state index in [0.29, 0.717) is 11.4 Å². The van der Waals surface area contributed by atoms with Crippen molar-refractivity contribution in [2.45, 2.75) is 62.1 Å². The lowest BCUT2D eigenvalue weighted by atomic mass is 9.72. The van der Waals surface area contributed by atoms with Crippen LogP contribution in [0.1, 0.15) is 42.2 Å². The van der Waals surface area contributed by atoms with Crippen molar-refractivity contribution in [3.05, 3.63) is 23.9 Å². The highest BCUT2D eigenvalue weighted by Gasteiger charge is 2.66. The number of ketones is 1. The first-order valence-corrected chi connectivity index (χ1v) is 8.69. The fourth-order valence-electron chi connectivity index (χ4n) is 4.49. The Morgan fingerprint density at radius 2 is 2.31 bits per heavy atom. The second-order valence-corrected chi connectivity index (χ2v) is 7.31. The molecule has 0 radical (unpaired) electrons. The molecular weight excluding hydrogens is 334 g/mol. The van der Waals surface area contributed by atoms with E-state index in [-0.39, 0.29) is 12.5 Å². The van der Waals surface area contributed by atoms with Gasteiger partial charge in [0.05, 0.1) is 12.1 Å². The van der Waals surface area contributed by atoms with Crippen LogP contribution >= 0.6 is 0 Å². The van der Waals surface area contributed by atoms with E-state index in [0.717, 1.165) is 12.8 Å². The molecule has 1 spiro atoms. The van der Waals surface area contributed by atoms with E-state index in [1.54, 1.807) is 17.0 Å². The van der Waals surface area contributed by atoms with Crippen molar-refractivity contribution in [2.24, 2.45) is 11.5 Å². The van der Waals surface area contributed by atoms with Crippen molar-refractivity contribution in [1.82, 2.24) is 9.88 Å². The summed E-state index contributed by atoms with van der Waals surface area (Å²) >= 11 is 0. The van der Waals surface area contributed by atoms with E-state index in [1.807, 2.05) is 0 Å². The zero-order valence-electron chi connectivity index (χ0n) is 17.1. The van der Waals surface area contributed by atoms with Crippen molar-refractivity contribution in [3.8, 4) is 0 Å². The standard InChI is InChI=1S/C18H23N5O3/c1-9(19)7-13(24)14-18(8-12(15(20)25)23(14)10-4-5-10)11-3-2-6-21-16(11)22-17(18)26/h2-3,6,9-10,12,14H,4-5,7-8,19H2,1H3,(H2,20,25)(H,21,22,26)/i1D3. The van der Waals surface area contributed by atoms with E-state index < -0.39 is 54.4 Å². The molecule has 8 heteroatoms. The number of Topliss-reactive ketones (excluding diaryl/α,β-unsaturated/α-hetero) is 1. The lowest BCUT2D eigenvalue weighted by Crippen LogP contribution is -2.54. The number of anilines is 1. The van der Waals surface area contributed by atoms with Crippen LogP contribution in [0.5, 0.6) is 0 Å². The zero-order valence-corrected chi connectivity index (χ0v) is 14.1. The molecule has 2 aliphatic heterocycles. The fourth-order valence-corrected chi connectivity index (χ4v) is 4.49. The Bertz CT molecular complexity index is 888. The molecular formula is C18H23N5O3. The lowest BCUT2D eigenvalue weighted by Gasteiger charge is -2.33. The molecule has 1 saturated heterocycles. The number of nitrogens with two attached hydrogens (primary N) is 2. The third-order valence-corrected chi connectivity index (χ3v) is 5.59. The van der Waals surface area contributed by atoms with Gasteiger partial charge in [0.2, 0.25) is 11.8 Å². The number of aromatic nitrogens is 1. The average Bonchev–Trinajstić information content (AvgIpc) is 3.35. The van der Waals surface area contributed by atoms with Gasteiger partial charge < -0.3 is 16.8 Å². The molecule has 3 aliphatic rings. The summed E-state index contributed by atoms with van der Waals surface area (Å²) in [5, 5.41) is 2.71. The summed E-state index contributed by atoms with van der Waals surface area (Å²) in [5.41, 5.74) is 10.6. The maximum absolute atomic E-state index is 13.4. The molecule has 1 aromatic rings. The first-order chi connectivity index (χ1) is 13.6. The quantitative estimate of drug-likeness (QED) is 0.659. The molecule has 0 aromatic carbocycles. The van der Waals surface area contributed by atoms with E-state index >= 15 is 0 Å². The Hall–Kier alpha value is -2.32. The summed E-state index contributed by atoms with van der Waals surface area (Å²) in [6.07, 6.45) is 2.69. The number of fused-ring (bicyclic) bond motifs is 2. The molecule has 2 fully saturated rings. The van der Waals surface area contributed by atoms with Gasteiger partial charge in [0, 0.05) is 34.4 Å². The number of pyridine rings is 1. The van der Waals surface area contributed by atoms with Crippen molar-refractivity contribution in [2.75, 3.05) is 5.32 Å². The molecule has 8 nitrogen and oxygen atoms in total. The molecule has 5 N–H and O–H groups in total. The lowest BCUT2D eigenvalue weighted by molar-refractivity contribution is -0.132. The number of nitrogens with zero attached hydrogens (tertiary/aromatic N) is 2. The molecule has 4 unspecified atom stereocenters. The Morgan fingerprint density at radius 1 is 1.54 bits per heavy atom. The molecule has 1 saturated carbocycles. The predicted molar refractivity (Wildman–Crippen MR) is 94.1 cm³/mol. The maximum atomic E-state index is 13.4. The monoisotopic (exact) mass is 360 g/mol. The molecule has 3 heterocycles. The van der Waals surface area contributed by atoms with E-state index in [1.165, 1.54) is 6.20 Å². The zero-order chi connectivity index (χ0) is 21.1. The summed E-state index contributed by atoms with van der Waals surface area (Å²) in [5.74, 6) is -1.18. The van der Waals surface area contributed by atoms with Gasteiger partial charge in [0.1, 0.15) is 11.2 Å². The van der Waals surface area contributed by atoms with Crippen LogP contribution in [-0.2, 0) is 19.8 Å². The van der Waals surface area contributed by atoms with Gasteiger partial charge in [-0.15, -0.1) is 0 Å². The molecule has 138 valence electrons. The Morgan fingerprint density at radius 3 is 2.96 bits per heavy atom. The fraction of sp³-hybridized carbons (Fsp3) is 0.556. The molecule has 26 heavy (non-hydrogen) atoms. The van der Waals surface area contributed by atoms with Crippen molar-refractivity contribution >= 4 is 23.4 Å². The number of likely N-dealkylation sites (tertiary alicyclic amines) is 1. The van der Waals surface area contributed by atoms with Crippen LogP contribution < -0.4 is 16.8 Å². The van der Waals surface area contributed by atoms with E-state index in [9.17, 15) is 14.4 Å². The first kappa shape index (κ1) is 13.8. The predicted octanol–water partition coefficient (Wildman–Crippen LogP) is -0.331. The Balaban J connectivity index is 1.82. The molecule has 1 aromatic heterocycles. The van der Waals surface area contributed by atoms with Crippen LogP contribution in [0.4, 0.5) is 5.82 Å². The molecule has 4 rings (SSSR count). The minimum absolute atomic E-state index is 0.0444. The van der Waals surface area contributed by atoms with Gasteiger partial charge in [0.25, 0.3) is 0 Å². The third-order valence-electron chi connectivity index (χ3n) is 5.59. The SMILES string of the molecule is [2H]C([2H])([2H])C(N)CC(=O)C1N(C2CC2)C(C(N)=O)CC12C(=O)Nc1ncccc12. The van der Waals surface area contributed by atoms with Gasteiger partial charge in [-0.1, -0.05) is 6.07 Å². The normalized spacial score (nSPS) is 33.9. The number of hydrogen-bond acceptors (Lipinski definition) is 6. The van der Waals surface area contributed by atoms with Crippen LogP contribution in [0.25, 0.3) is 0 Å². The largest absolute Gasteiger partial charge is 0.368 e. The van der Waals surface area contributed by atoms with Crippen molar-refractivity contribution in [3.63, 3.8) is 0 Å². The van der Waals surface area contributed by atoms with Crippen LogP contribution in [0.15, 0.2) is 18.3 Å². The van der Waals surface area contributed by atoms with Crippen LogP contribution in [-0.4, -0.2) is 51.6 Å². The number of nitrogens with one attached hydrogen (secondary N) is 1. The van der Waals surface area contributed by atoms with E-state index in [4.69, 9.17) is 15.6 Å². The van der Waals surface area contributed by atoms with Gasteiger partial charge in [-0.05, 0) is 32.2 Å². The number of carbonyl (C=O) groups excluding carboxylic acids is 3. The third kappa shape index (κ3) is 2.36. The topological polar surface area (TPSA) is 131 Å². The van der Waals surface area contributed by atoms with Crippen molar-refractivity contribution < 1.29 is 18.5 Å². The second-order valence-electron chi connectivity index (χ2n) is 7.31. The highest BCUT2D eigenvalue weighted by Crippen LogP contribution is 2.53. The van der Waals surface area contributed by atoms with Gasteiger partial charge >= 0.3 is 0 Å². The highest BCUT2D eigenvalue weighted by atomic mass is 16.2. The van der Waals surface area contributed by atoms with Gasteiger partial charge in [-0.25, -0.2) is 4.98 Å². The maximum Gasteiger partial charge on any atom is 0.238 e. The summed E-state index contributed by atoms with van der Waals surface area (Å²) in [7, 11) is 0. The minimum Gasteiger partial charge on any atom is -0.368 e. The summed E-state index contributed by atoms with van der Waals surface area (Å²) in [4.78, 5) is 44.8. The number of primary amides is 1. The summed E-state index contributed by atoms with van der Waals surface area (Å²) in [6, 6.07) is 0.120. The van der Waals surface area contributed by atoms with Crippen molar-refractivity contribution in [1.29, 1.82) is 0 Å². The van der Waals surface area contributed by atoms with Crippen LogP contribution in [0, 0.1) is 0 Å². The first-order valence-electron chi connectivity index (χ1n) is 10.2. The number of hydrogen-bond donors (Lipinski definition) is 3. The van der Waals surface area contributed by atoms with Gasteiger partial charge in [-0.3, -0.25) is 19.3 Å². The van der Waals surface area contributed by atoms with E-state index in [2.05, 4.69) is 10.3 Å². The minimum atomic E-state index is -2.51. The molecule has 0 bridgehead atoms. The summed E-state index contributed by atoms with van der Waals surface area (Å²) < 4.78 is 22.5. The Labute approximate surface area is 155 Å². The average molecular weight is 360 g/mol. The molecule has 2 amide bonds. The second kappa shape index (κ2) is 5.85. The van der Waals surface area contributed by atoms with Crippen LogP contribution in [0.2, 0.25) is 0 Å². The van der Waals surface area contributed by atoms with Gasteiger partial charge in [-0.2, -0.15) is 0 Å². The molecule has 4 atom stereocenters. The van der Waals surface area contributed by atoms with Gasteiger partial charge in [0.15, 0.2) is 5.78 Å². The number of rotatable bonds is 5. The summed E-state index contributed by atoms with van der Waals surface area (Å²) in [6.45, 7) is -2.51. The number of amides is 2. The van der Waals surface area contributed by atoms with Crippen LogP contribution in [0.3, 0.4) is 0 Å². The highest BCUT2D eigenvalue weighted by molar-refractivity contribution is 6.11. The molecule has 1 aliphatic carbocycles. The smallest absolute Gasteiger partial charge is 0.238 e. The number of carbonyl (C=O) groups is 3. The Kier molecular flexibility index (Phi) is 3.11.